The Labute approximate surface area is 252 Å². The summed E-state index contributed by atoms with van der Waals surface area (Å²) in [6.45, 7) is 15.3. The van der Waals surface area contributed by atoms with Crippen LogP contribution in [0.4, 0.5) is 0 Å². The highest BCUT2D eigenvalue weighted by Gasteiger charge is 2.45. The normalized spacial score (nSPS) is 13.6. The van der Waals surface area contributed by atoms with Gasteiger partial charge in [-0.25, -0.2) is 0 Å². The molecule has 1 atom stereocenters. The first kappa shape index (κ1) is 32.8. The van der Waals surface area contributed by atoms with Crippen LogP contribution in [-0.4, -0.2) is 38.1 Å². The molecule has 1 unspecified atom stereocenters. The molecule has 1 aliphatic rings. The fourth-order valence-electron chi connectivity index (χ4n) is 5.71. The number of rotatable bonds is 8. The monoisotopic (exact) mass is 592 g/mol. The second-order valence-electron chi connectivity index (χ2n) is 12.2. The second kappa shape index (κ2) is 11.5. The van der Waals surface area contributed by atoms with Crippen molar-refractivity contribution in [2.75, 3.05) is 6.61 Å². The lowest BCUT2D eigenvalue weighted by Crippen LogP contribution is -2.41. The third-order valence-electron chi connectivity index (χ3n) is 8.56. The van der Waals surface area contributed by atoms with Crippen molar-refractivity contribution in [2.24, 2.45) is 0 Å². The SMILES string of the molecule is CC(=O)c1c(C(C)=O)c(C(C)=O)c2c(c1C(C)=O)-c1c(C#N)c(C#N)c(C#N)c(C#N)c1C2CCO[Si](C)(C)C(C)(C)C. The maximum atomic E-state index is 13.4. The number of Topliss-reactive ketones (excluding diaryl/α,β-unsaturated/α-hetero) is 4. The quantitative estimate of drug-likeness (QED) is 0.244. The van der Waals surface area contributed by atoms with Crippen molar-refractivity contribution in [1.29, 1.82) is 21.0 Å². The van der Waals surface area contributed by atoms with E-state index in [1.165, 1.54) is 27.7 Å². The molecule has 0 saturated heterocycles. The zero-order valence-electron chi connectivity index (χ0n) is 25.8. The summed E-state index contributed by atoms with van der Waals surface area (Å²) < 4.78 is 6.44. The Morgan fingerprint density at radius 1 is 0.651 bits per heavy atom. The first-order chi connectivity index (χ1) is 19.9. The van der Waals surface area contributed by atoms with Gasteiger partial charge in [-0.05, 0) is 68.9 Å². The van der Waals surface area contributed by atoms with E-state index in [0.717, 1.165) is 0 Å². The largest absolute Gasteiger partial charge is 0.417 e. The van der Waals surface area contributed by atoms with Gasteiger partial charge < -0.3 is 4.43 Å². The Morgan fingerprint density at radius 3 is 1.47 bits per heavy atom. The van der Waals surface area contributed by atoms with Crippen LogP contribution in [0.3, 0.4) is 0 Å². The van der Waals surface area contributed by atoms with Gasteiger partial charge in [0.1, 0.15) is 24.3 Å². The van der Waals surface area contributed by atoms with Crippen molar-refractivity contribution in [2.45, 2.75) is 78.9 Å². The van der Waals surface area contributed by atoms with E-state index in [1.54, 1.807) is 0 Å². The highest BCUT2D eigenvalue weighted by Crippen LogP contribution is 2.55. The van der Waals surface area contributed by atoms with Crippen molar-refractivity contribution in [3.63, 3.8) is 0 Å². The highest BCUT2D eigenvalue weighted by molar-refractivity contribution is 6.74. The van der Waals surface area contributed by atoms with Crippen LogP contribution in [0.1, 0.15) is 136 Å². The number of carbonyl (C=O) groups excluding carboxylic acids is 4. The Bertz CT molecular complexity index is 1820. The zero-order chi connectivity index (χ0) is 32.8. The van der Waals surface area contributed by atoms with E-state index in [0.29, 0.717) is 0 Å². The molecule has 2 aromatic carbocycles. The fraction of sp³-hybridized carbons (Fsp3) is 0.394. The van der Waals surface area contributed by atoms with E-state index in [1.807, 2.05) is 24.3 Å². The summed E-state index contributed by atoms with van der Waals surface area (Å²) in [6.07, 6.45) is 0.164. The molecule has 3 rings (SSSR count). The summed E-state index contributed by atoms with van der Waals surface area (Å²) in [5.74, 6) is -3.27. The van der Waals surface area contributed by atoms with Crippen LogP contribution in [-0.2, 0) is 4.43 Å². The number of nitriles is 4. The molecule has 0 aromatic heterocycles. The van der Waals surface area contributed by atoms with Gasteiger partial charge in [0.25, 0.3) is 0 Å². The van der Waals surface area contributed by atoms with Crippen LogP contribution in [0.5, 0.6) is 0 Å². The van der Waals surface area contributed by atoms with Crippen LogP contribution in [0.25, 0.3) is 11.1 Å². The van der Waals surface area contributed by atoms with E-state index in [4.69, 9.17) is 4.43 Å². The van der Waals surface area contributed by atoms with Crippen LogP contribution in [0, 0.1) is 45.3 Å². The number of nitrogens with zero attached hydrogens (tertiary/aromatic N) is 4. The van der Waals surface area contributed by atoms with Gasteiger partial charge in [0.05, 0.1) is 22.3 Å². The minimum absolute atomic E-state index is 0.0484. The van der Waals surface area contributed by atoms with E-state index in [-0.39, 0.29) is 84.8 Å². The molecule has 0 N–H and O–H groups in total. The van der Waals surface area contributed by atoms with Crippen LogP contribution in [0.15, 0.2) is 0 Å². The summed E-state index contributed by atoms with van der Waals surface area (Å²) in [5.41, 5.74) is -1.23. The van der Waals surface area contributed by atoms with Crippen LogP contribution < -0.4 is 0 Å². The topological polar surface area (TPSA) is 173 Å². The van der Waals surface area contributed by atoms with Gasteiger partial charge in [0.15, 0.2) is 31.5 Å². The molecule has 0 heterocycles. The molecule has 1 aliphatic carbocycles. The smallest absolute Gasteiger partial charge is 0.191 e. The molecular formula is C33H32N4O5Si. The van der Waals surface area contributed by atoms with Gasteiger partial charge in [-0.3, -0.25) is 19.2 Å². The Balaban J connectivity index is 2.70. The Kier molecular flexibility index (Phi) is 8.76. The third-order valence-corrected chi connectivity index (χ3v) is 13.1. The van der Waals surface area contributed by atoms with E-state index >= 15 is 0 Å². The van der Waals surface area contributed by atoms with E-state index < -0.39 is 37.4 Å². The third kappa shape index (κ3) is 5.10. The minimum atomic E-state index is -2.28. The molecule has 43 heavy (non-hydrogen) atoms. The maximum absolute atomic E-state index is 13.4. The van der Waals surface area contributed by atoms with Gasteiger partial charge in [0.2, 0.25) is 0 Å². The van der Waals surface area contributed by atoms with Gasteiger partial charge in [0, 0.05) is 40.3 Å². The molecule has 0 spiro atoms. The van der Waals surface area contributed by atoms with Gasteiger partial charge in [-0.2, -0.15) is 21.0 Å². The molecule has 0 fully saturated rings. The molecular weight excluding hydrogens is 560 g/mol. The fourth-order valence-corrected chi connectivity index (χ4v) is 6.77. The van der Waals surface area contributed by atoms with Crippen molar-refractivity contribution in [1.82, 2.24) is 0 Å². The van der Waals surface area contributed by atoms with Crippen molar-refractivity contribution < 1.29 is 23.6 Å². The first-order valence-corrected chi connectivity index (χ1v) is 16.6. The average molecular weight is 593 g/mol. The minimum Gasteiger partial charge on any atom is -0.417 e. The lowest BCUT2D eigenvalue weighted by Gasteiger charge is -2.36. The zero-order valence-corrected chi connectivity index (χ0v) is 26.8. The molecule has 0 saturated carbocycles. The molecule has 0 bridgehead atoms. The predicted molar refractivity (Wildman–Crippen MR) is 160 cm³/mol. The molecule has 0 radical (unpaired) electrons. The molecule has 2 aromatic rings. The van der Waals surface area contributed by atoms with Crippen molar-refractivity contribution in [3.8, 4) is 35.4 Å². The number of benzene rings is 2. The van der Waals surface area contributed by atoms with Crippen molar-refractivity contribution >= 4 is 31.5 Å². The van der Waals surface area contributed by atoms with Crippen LogP contribution >= 0.6 is 0 Å². The molecule has 0 aliphatic heterocycles. The Hall–Kier alpha value is -4.74. The lowest BCUT2D eigenvalue weighted by atomic mass is 9.78. The number of ketones is 4. The summed E-state index contributed by atoms with van der Waals surface area (Å²) >= 11 is 0. The predicted octanol–water partition coefficient (Wildman–Crippen LogP) is 6.51. The average Bonchev–Trinajstić information content (AvgIpc) is 3.22. The summed E-state index contributed by atoms with van der Waals surface area (Å²) in [6, 6.07) is 7.75. The van der Waals surface area contributed by atoms with Gasteiger partial charge >= 0.3 is 0 Å². The number of hydrogen-bond acceptors (Lipinski definition) is 9. The maximum Gasteiger partial charge on any atom is 0.191 e. The number of carbonyl (C=O) groups is 4. The molecule has 10 heteroatoms. The summed E-state index contributed by atoms with van der Waals surface area (Å²) in [7, 11) is -2.28. The van der Waals surface area contributed by atoms with Gasteiger partial charge in [-0.15, -0.1) is 0 Å². The van der Waals surface area contributed by atoms with E-state index in [2.05, 4.69) is 33.9 Å². The number of hydrogen-bond donors (Lipinski definition) is 0. The molecule has 218 valence electrons. The molecule has 9 nitrogen and oxygen atoms in total. The second-order valence-corrected chi connectivity index (χ2v) is 17.0. The summed E-state index contributed by atoms with van der Waals surface area (Å²) in [5, 5.41) is 40.6. The van der Waals surface area contributed by atoms with Gasteiger partial charge in [-0.1, -0.05) is 20.8 Å². The molecule has 0 amide bonds. The van der Waals surface area contributed by atoms with Crippen LogP contribution in [0.2, 0.25) is 18.1 Å². The van der Waals surface area contributed by atoms with E-state index in [9.17, 15) is 40.2 Å². The first-order valence-electron chi connectivity index (χ1n) is 13.7. The Morgan fingerprint density at radius 2 is 1.07 bits per heavy atom. The standard InChI is InChI=1S/C33H32N4O5Si/c1-16(38)25-26(17(2)39)28(19(4)41)32-30(27(25)18(3)40)20(10-11-42-43(8,9)33(5,6)7)29-23(14-36)21(12-34)22(13-35)24(15-37)31(29)32/h20H,10-11H2,1-9H3. The summed E-state index contributed by atoms with van der Waals surface area (Å²) in [4.78, 5) is 53.0. The highest BCUT2D eigenvalue weighted by atomic mass is 28.4. The van der Waals surface area contributed by atoms with Crippen molar-refractivity contribution in [3.05, 3.63) is 55.6 Å². The number of fused-ring (bicyclic) bond motifs is 3. The lowest BCUT2D eigenvalue weighted by molar-refractivity contribution is 0.0958.